The zero-order valence-corrected chi connectivity index (χ0v) is 14.2. The van der Waals surface area contributed by atoms with Crippen molar-refractivity contribution in [3.8, 4) is 11.5 Å². The van der Waals surface area contributed by atoms with Crippen LogP contribution in [0.25, 0.3) is 0 Å². The highest BCUT2D eigenvalue weighted by atomic mass is 16.5. The number of aryl methyl sites for hydroxylation is 1. The number of methoxy groups -OCH3 is 2. The molecule has 1 aromatic carbocycles. The molecule has 0 aliphatic rings. The molecule has 0 heterocycles. The van der Waals surface area contributed by atoms with Crippen molar-refractivity contribution < 1.29 is 24.5 Å². The monoisotopic (exact) mass is 313 g/mol. The van der Waals surface area contributed by atoms with E-state index in [2.05, 4.69) is 5.32 Å². The van der Waals surface area contributed by atoms with E-state index in [9.17, 15) is 9.90 Å². The van der Waals surface area contributed by atoms with Gasteiger partial charge in [0.2, 0.25) is 0 Å². The fourth-order valence-corrected chi connectivity index (χ4v) is 1.77. The number of aliphatic hydroxyl groups is 1. The van der Waals surface area contributed by atoms with Gasteiger partial charge in [-0.15, -0.1) is 0 Å². The van der Waals surface area contributed by atoms with Crippen molar-refractivity contribution >= 4 is 5.97 Å². The van der Waals surface area contributed by atoms with Gasteiger partial charge in [-0.2, -0.15) is 0 Å². The third-order valence-electron chi connectivity index (χ3n) is 3.20. The quantitative estimate of drug-likeness (QED) is 0.713. The van der Waals surface area contributed by atoms with Crippen LogP contribution in [0.4, 0.5) is 0 Å². The van der Waals surface area contributed by atoms with Crippen molar-refractivity contribution in [3.63, 3.8) is 0 Å². The largest absolute Gasteiger partial charge is 0.496 e. The van der Waals surface area contributed by atoms with Gasteiger partial charge in [0, 0.05) is 12.1 Å². The minimum atomic E-state index is -1.42. The van der Waals surface area contributed by atoms with Crippen molar-refractivity contribution in [2.24, 2.45) is 0 Å². The highest BCUT2D eigenvalue weighted by molar-refractivity contribution is 5.78. The second kappa shape index (κ2) is 9.27. The topological polar surface area (TPSA) is 88.0 Å². The first-order chi connectivity index (χ1) is 10.4. The van der Waals surface area contributed by atoms with E-state index in [-0.39, 0.29) is 6.54 Å². The van der Waals surface area contributed by atoms with Crippen molar-refractivity contribution in [1.29, 1.82) is 0 Å². The van der Waals surface area contributed by atoms with Gasteiger partial charge in [-0.05, 0) is 31.5 Å². The third-order valence-corrected chi connectivity index (χ3v) is 3.20. The smallest absolute Gasteiger partial charge is 0.326 e. The number of aliphatic hydroxyl groups excluding tert-OH is 1. The summed E-state index contributed by atoms with van der Waals surface area (Å²) in [5.74, 6) is 0.102. The van der Waals surface area contributed by atoms with Crippen LogP contribution in [0.15, 0.2) is 12.1 Å². The van der Waals surface area contributed by atoms with Crippen LogP contribution in [0, 0.1) is 6.92 Å². The second-order valence-corrected chi connectivity index (χ2v) is 4.80. The fourth-order valence-electron chi connectivity index (χ4n) is 1.77. The van der Waals surface area contributed by atoms with Gasteiger partial charge in [-0.1, -0.05) is 13.8 Å². The number of benzene rings is 1. The van der Waals surface area contributed by atoms with Gasteiger partial charge in [0.25, 0.3) is 0 Å². The molecule has 22 heavy (non-hydrogen) atoms. The summed E-state index contributed by atoms with van der Waals surface area (Å²) >= 11 is 0. The molecule has 0 fully saturated rings. The van der Waals surface area contributed by atoms with Crippen LogP contribution < -0.4 is 14.8 Å². The van der Waals surface area contributed by atoms with Crippen LogP contribution in [0.5, 0.6) is 11.5 Å². The van der Waals surface area contributed by atoms with Crippen molar-refractivity contribution in [3.05, 3.63) is 23.3 Å². The Balaban J connectivity index is 0.00000211. The summed E-state index contributed by atoms with van der Waals surface area (Å²) in [6.07, 6.45) is 0. The first-order valence-electron chi connectivity index (χ1n) is 7.18. The van der Waals surface area contributed by atoms with E-state index in [1.165, 1.54) is 6.92 Å². The summed E-state index contributed by atoms with van der Waals surface area (Å²) < 4.78 is 10.6. The van der Waals surface area contributed by atoms with Crippen molar-refractivity contribution in [2.45, 2.75) is 39.8 Å². The minimum absolute atomic E-state index is 0.204. The fraction of sp³-hybridized carbons (Fsp3) is 0.562. The van der Waals surface area contributed by atoms with Gasteiger partial charge >= 0.3 is 5.97 Å². The second-order valence-electron chi connectivity index (χ2n) is 4.80. The summed E-state index contributed by atoms with van der Waals surface area (Å²) in [5, 5.41) is 21.2. The maximum Gasteiger partial charge on any atom is 0.326 e. The van der Waals surface area contributed by atoms with E-state index >= 15 is 0 Å². The molecular formula is C16H27NO5. The number of carboxylic acids is 1. The summed E-state index contributed by atoms with van der Waals surface area (Å²) in [7, 11) is 3.08. The Morgan fingerprint density at radius 1 is 1.23 bits per heavy atom. The molecule has 0 bridgehead atoms. The summed E-state index contributed by atoms with van der Waals surface area (Å²) in [5.41, 5.74) is 0.271. The van der Waals surface area contributed by atoms with E-state index < -0.39 is 18.1 Å². The number of hydrogen-bond donors (Lipinski definition) is 3. The number of carbonyl (C=O) groups is 1. The highest BCUT2D eigenvalue weighted by Crippen LogP contribution is 2.30. The molecule has 0 radical (unpaired) electrons. The molecule has 1 rings (SSSR count). The lowest BCUT2D eigenvalue weighted by Crippen LogP contribution is -2.52. The maximum atomic E-state index is 11.2. The molecule has 6 heteroatoms. The minimum Gasteiger partial charge on any atom is -0.496 e. The Morgan fingerprint density at radius 3 is 2.00 bits per heavy atom. The average Bonchev–Trinajstić information content (AvgIpc) is 2.53. The number of hydrogen-bond acceptors (Lipinski definition) is 5. The van der Waals surface area contributed by atoms with E-state index in [0.29, 0.717) is 17.1 Å². The predicted molar refractivity (Wildman–Crippen MR) is 85.6 cm³/mol. The zero-order valence-electron chi connectivity index (χ0n) is 14.2. The summed E-state index contributed by atoms with van der Waals surface area (Å²) in [6, 6.07) is 3.69. The Hall–Kier alpha value is -1.79. The average molecular weight is 313 g/mol. The van der Waals surface area contributed by atoms with Gasteiger partial charge in [-0.3, -0.25) is 10.1 Å². The standard InChI is InChI=1S/C14H21NO5.C2H6/c1-9-5-11(19-3)10(12(6-9)20-4)7-15-14(2,8-16)13(17)18;1-2/h5-6,15-16H,7-8H2,1-4H3,(H,17,18);1-2H3. The molecule has 1 atom stereocenters. The Morgan fingerprint density at radius 2 is 1.68 bits per heavy atom. The Kier molecular flexibility index (Phi) is 8.52. The van der Waals surface area contributed by atoms with Gasteiger partial charge in [0.1, 0.15) is 17.0 Å². The SMILES string of the molecule is CC.COc1cc(C)cc(OC)c1CNC(C)(CO)C(=O)O. The normalized spacial score (nSPS) is 12.7. The van der Waals surface area contributed by atoms with Crippen molar-refractivity contribution in [2.75, 3.05) is 20.8 Å². The Labute approximate surface area is 132 Å². The molecule has 0 spiro atoms. The molecule has 1 unspecified atom stereocenters. The molecule has 1 aromatic rings. The first-order valence-corrected chi connectivity index (χ1v) is 7.18. The molecule has 0 amide bonds. The number of rotatable bonds is 7. The predicted octanol–water partition coefficient (Wildman–Crippen LogP) is 1.96. The molecular weight excluding hydrogens is 286 g/mol. The molecule has 6 nitrogen and oxygen atoms in total. The van der Waals surface area contributed by atoms with Gasteiger partial charge in [0.15, 0.2) is 0 Å². The number of aliphatic carboxylic acids is 1. The van der Waals surface area contributed by atoms with E-state index in [4.69, 9.17) is 14.6 Å². The lowest BCUT2D eigenvalue weighted by Gasteiger charge is -2.25. The van der Waals surface area contributed by atoms with Gasteiger partial charge < -0.3 is 19.7 Å². The molecule has 0 saturated carbocycles. The molecule has 0 saturated heterocycles. The molecule has 3 N–H and O–H groups in total. The van der Waals surface area contributed by atoms with Crippen LogP contribution in [-0.4, -0.2) is 42.5 Å². The molecule has 0 aromatic heterocycles. The van der Waals surface area contributed by atoms with Crippen LogP contribution in [0.1, 0.15) is 31.9 Å². The van der Waals surface area contributed by atoms with Crippen LogP contribution in [-0.2, 0) is 11.3 Å². The Bertz CT molecular complexity index is 464. The lowest BCUT2D eigenvalue weighted by molar-refractivity contribution is -0.145. The van der Waals surface area contributed by atoms with Crippen LogP contribution in [0.2, 0.25) is 0 Å². The number of nitrogens with one attached hydrogen (secondary N) is 1. The third kappa shape index (κ3) is 4.89. The maximum absolute atomic E-state index is 11.2. The highest BCUT2D eigenvalue weighted by Gasteiger charge is 2.32. The van der Waals surface area contributed by atoms with E-state index in [1.54, 1.807) is 14.2 Å². The van der Waals surface area contributed by atoms with E-state index in [1.807, 2.05) is 32.9 Å². The van der Waals surface area contributed by atoms with Crippen LogP contribution >= 0.6 is 0 Å². The lowest BCUT2D eigenvalue weighted by atomic mass is 10.0. The zero-order chi connectivity index (χ0) is 17.3. The first kappa shape index (κ1) is 20.2. The van der Waals surface area contributed by atoms with E-state index in [0.717, 1.165) is 5.56 Å². The van der Waals surface area contributed by atoms with Crippen molar-refractivity contribution in [1.82, 2.24) is 5.32 Å². The molecule has 0 aliphatic heterocycles. The van der Waals surface area contributed by atoms with Crippen LogP contribution in [0.3, 0.4) is 0 Å². The van der Waals surface area contributed by atoms with Gasteiger partial charge in [-0.25, -0.2) is 0 Å². The summed E-state index contributed by atoms with van der Waals surface area (Å²) in [4.78, 5) is 11.2. The number of ether oxygens (including phenoxy) is 2. The summed E-state index contributed by atoms with van der Waals surface area (Å²) in [6.45, 7) is 7.02. The molecule has 126 valence electrons. The molecule has 0 aliphatic carbocycles. The van der Waals surface area contributed by atoms with Gasteiger partial charge in [0.05, 0.1) is 20.8 Å². The number of carboxylic acid groups (broad SMARTS) is 1.